The number of amides is 1. The lowest BCUT2D eigenvalue weighted by molar-refractivity contribution is -0.143. The average molecular weight is 364 g/mol. The summed E-state index contributed by atoms with van der Waals surface area (Å²) in [6, 6.07) is 6.47. The van der Waals surface area contributed by atoms with Gasteiger partial charge in [-0.15, -0.1) is 0 Å². The summed E-state index contributed by atoms with van der Waals surface area (Å²) < 4.78 is 41.6. The van der Waals surface area contributed by atoms with Gasteiger partial charge in [-0.25, -0.2) is 4.68 Å². The molecule has 2 heterocycles. The number of halogens is 3. The lowest BCUT2D eigenvalue weighted by atomic mass is 10.1. The van der Waals surface area contributed by atoms with Gasteiger partial charge in [0, 0.05) is 13.1 Å². The number of hydrogen-bond donors (Lipinski definition) is 2. The first-order valence-corrected chi connectivity index (χ1v) is 8.25. The van der Waals surface area contributed by atoms with Crippen molar-refractivity contribution in [1.82, 2.24) is 20.4 Å². The fourth-order valence-electron chi connectivity index (χ4n) is 2.79. The second-order valence-electron chi connectivity index (χ2n) is 6.15. The van der Waals surface area contributed by atoms with Crippen LogP contribution in [0.2, 0.25) is 0 Å². The predicted molar refractivity (Wildman–Crippen MR) is 91.2 cm³/mol. The zero-order valence-electron chi connectivity index (χ0n) is 14.2. The first kappa shape index (κ1) is 18.2. The summed E-state index contributed by atoms with van der Waals surface area (Å²) in [7, 11) is 0. The maximum atomic E-state index is 13.6. The van der Waals surface area contributed by atoms with Gasteiger partial charge in [0.05, 0.1) is 17.4 Å². The minimum Gasteiger partial charge on any atom is -0.348 e. The number of rotatable bonds is 4. The molecule has 3 rings (SSSR count). The van der Waals surface area contributed by atoms with Crippen molar-refractivity contribution in [3.8, 4) is 5.69 Å². The standard InChI is InChI=1S/C18H19F3N4O/c1-12-2-4-14(5-3-12)25-16(18(19,20)21)15(11-24-25)17(26)23-10-13-6-8-22-9-7-13/h2-6,11,22H,7-10H2,1H3,(H,23,26). The molecule has 1 aromatic carbocycles. The Labute approximate surface area is 148 Å². The average Bonchev–Trinajstić information content (AvgIpc) is 3.07. The van der Waals surface area contributed by atoms with Crippen molar-refractivity contribution in [3.05, 3.63) is 58.9 Å². The van der Waals surface area contributed by atoms with Crippen molar-refractivity contribution in [2.24, 2.45) is 0 Å². The molecule has 0 bridgehead atoms. The highest BCUT2D eigenvalue weighted by Gasteiger charge is 2.40. The van der Waals surface area contributed by atoms with Crippen molar-refractivity contribution in [2.45, 2.75) is 19.5 Å². The van der Waals surface area contributed by atoms with E-state index in [1.807, 2.05) is 13.0 Å². The molecule has 26 heavy (non-hydrogen) atoms. The maximum absolute atomic E-state index is 13.6. The number of aryl methyl sites for hydroxylation is 1. The molecule has 0 unspecified atom stereocenters. The molecule has 2 aromatic rings. The lowest BCUT2D eigenvalue weighted by Gasteiger charge is -2.15. The van der Waals surface area contributed by atoms with Gasteiger partial charge in [-0.05, 0) is 32.0 Å². The Balaban J connectivity index is 1.88. The van der Waals surface area contributed by atoms with E-state index >= 15 is 0 Å². The Hall–Kier alpha value is -2.61. The van der Waals surface area contributed by atoms with Crippen LogP contribution in [0.15, 0.2) is 42.1 Å². The number of carbonyl (C=O) groups is 1. The van der Waals surface area contributed by atoms with Crippen LogP contribution in [0.5, 0.6) is 0 Å². The molecule has 0 saturated heterocycles. The Morgan fingerprint density at radius 3 is 2.65 bits per heavy atom. The van der Waals surface area contributed by atoms with E-state index in [0.29, 0.717) is 6.54 Å². The highest BCUT2D eigenvalue weighted by atomic mass is 19.4. The van der Waals surface area contributed by atoms with E-state index < -0.39 is 23.3 Å². The molecular weight excluding hydrogens is 345 g/mol. The summed E-state index contributed by atoms with van der Waals surface area (Å²) in [6.07, 6.45) is -1.05. The predicted octanol–water partition coefficient (Wildman–Crippen LogP) is 2.85. The summed E-state index contributed by atoms with van der Waals surface area (Å²) in [5.41, 5.74) is 0.619. The second kappa shape index (κ2) is 7.33. The fourth-order valence-corrected chi connectivity index (χ4v) is 2.79. The third-order valence-corrected chi connectivity index (χ3v) is 4.19. The van der Waals surface area contributed by atoms with Crippen LogP contribution in [0.4, 0.5) is 13.2 Å². The number of carbonyl (C=O) groups excluding carboxylic acids is 1. The zero-order chi connectivity index (χ0) is 18.7. The Morgan fingerprint density at radius 2 is 2.04 bits per heavy atom. The normalized spacial score (nSPS) is 14.8. The van der Waals surface area contributed by atoms with Gasteiger partial charge in [-0.2, -0.15) is 18.3 Å². The molecule has 0 radical (unpaired) electrons. The Kier molecular flexibility index (Phi) is 5.13. The first-order chi connectivity index (χ1) is 12.4. The van der Waals surface area contributed by atoms with E-state index in [1.54, 1.807) is 24.3 Å². The number of nitrogens with zero attached hydrogens (tertiary/aromatic N) is 2. The summed E-state index contributed by atoms with van der Waals surface area (Å²) in [4.78, 5) is 12.3. The Morgan fingerprint density at radius 1 is 1.31 bits per heavy atom. The van der Waals surface area contributed by atoms with Crippen LogP contribution in [-0.4, -0.2) is 35.3 Å². The number of aromatic nitrogens is 2. The van der Waals surface area contributed by atoms with Crippen molar-refractivity contribution < 1.29 is 18.0 Å². The lowest BCUT2D eigenvalue weighted by Crippen LogP contribution is -2.31. The minimum atomic E-state index is -4.71. The molecule has 1 aromatic heterocycles. The molecule has 1 aliphatic rings. The monoisotopic (exact) mass is 364 g/mol. The van der Waals surface area contributed by atoms with Gasteiger partial charge in [0.2, 0.25) is 0 Å². The molecular formula is C18H19F3N4O. The van der Waals surface area contributed by atoms with Gasteiger partial charge in [-0.1, -0.05) is 29.3 Å². The van der Waals surface area contributed by atoms with Gasteiger partial charge in [0.15, 0.2) is 5.69 Å². The van der Waals surface area contributed by atoms with E-state index in [4.69, 9.17) is 0 Å². The van der Waals surface area contributed by atoms with Crippen LogP contribution in [0.25, 0.3) is 5.69 Å². The van der Waals surface area contributed by atoms with Gasteiger partial charge < -0.3 is 10.6 Å². The molecule has 8 heteroatoms. The molecule has 0 spiro atoms. The number of hydrogen-bond acceptors (Lipinski definition) is 3. The second-order valence-corrected chi connectivity index (χ2v) is 6.15. The van der Waals surface area contributed by atoms with Crippen molar-refractivity contribution in [3.63, 3.8) is 0 Å². The molecule has 0 fully saturated rings. The van der Waals surface area contributed by atoms with E-state index in [1.165, 1.54) is 0 Å². The minimum absolute atomic E-state index is 0.230. The highest BCUT2D eigenvalue weighted by molar-refractivity contribution is 5.95. The topological polar surface area (TPSA) is 59.0 Å². The van der Waals surface area contributed by atoms with Crippen LogP contribution in [0.3, 0.4) is 0 Å². The molecule has 138 valence electrons. The summed E-state index contributed by atoms with van der Waals surface area (Å²) in [6.45, 7) is 3.56. The summed E-state index contributed by atoms with van der Waals surface area (Å²) >= 11 is 0. The van der Waals surface area contributed by atoms with Crippen LogP contribution in [0, 0.1) is 6.92 Å². The molecule has 2 N–H and O–H groups in total. The fraction of sp³-hybridized carbons (Fsp3) is 0.333. The molecule has 1 aliphatic heterocycles. The Bertz CT molecular complexity index is 822. The van der Waals surface area contributed by atoms with Crippen LogP contribution >= 0.6 is 0 Å². The molecule has 5 nitrogen and oxygen atoms in total. The van der Waals surface area contributed by atoms with E-state index in [0.717, 1.165) is 35.0 Å². The molecule has 1 amide bonds. The van der Waals surface area contributed by atoms with Crippen molar-refractivity contribution in [2.75, 3.05) is 19.6 Å². The molecule has 0 saturated carbocycles. The van der Waals surface area contributed by atoms with Crippen LogP contribution in [-0.2, 0) is 6.18 Å². The van der Waals surface area contributed by atoms with Crippen LogP contribution < -0.4 is 10.6 Å². The summed E-state index contributed by atoms with van der Waals surface area (Å²) in [5.74, 6) is -0.782. The van der Waals surface area contributed by atoms with Gasteiger partial charge in [-0.3, -0.25) is 4.79 Å². The van der Waals surface area contributed by atoms with E-state index in [2.05, 4.69) is 15.7 Å². The third-order valence-electron chi connectivity index (χ3n) is 4.19. The van der Waals surface area contributed by atoms with Crippen molar-refractivity contribution in [1.29, 1.82) is 0 Å². The highest BCUT2D eigenvalue weighted by Crippen LogP contribution is 2.33. The zero-order valence-corrected chi connectivity index (χ0v) is 14.2. The summed E-state index contributed by atoms with van der Waals surface area (Å²) in [5, 5.41) is 9.51. The smallest absolute Gasteiger partial charge is 0.348 e. The van der Waals surface area contributed by atoms with Gasteiger partial charge >= 0.3 is 6.18 Å². The maximum Gasteiger partial charge on any atom is 0.434 e. The quantitative estimate of drug-likeness (QED) is 0.821. The number of benzene rings is 1. The largest absolute Gasteiger partial charge is 0.434 e. The van der Waals surface area contributed by atoms with Crippen molar-refractivity contribution >= 4 is 5.91 Å². The van der Waals surface area contributed by atoms with Crippen LogP contribution in [0.1, 0.15) is 28.0 Å². The van der Waals surface area contributed by atoms with Gasteiger partial charge in [0.25, 0.3) is 5.91 Å². The third kappa shape index (κ3) is 3.96. The van der Waals surface area contributed by atoms with E-state index in [-0.39, 0.29) is 12.2 Å². The molecule has 0 aliphatic carbocycles. The SMILES string of the molecule is Cc1ccc(-n2ncc(C(=O)NCC3=CCNCC3)c2C(F)(F)F)cc1. The van der Waals surface area contributed by atoms with E-state index in [9.17, 15) is 18.0 Å². The number of nitrogens with one attached hydrogen (secondary N) is 2. The molecule has 0 atom stereocenters. The van der Waals surface area contributed by atoms with Gasteiger partial charge in [0.1, 0.15) is 0 Å². The first-order valence-electron chi connectivity index (χ1n) is 8.25. The number of alkyl halides is 3.